The molecule has 1 aromatic rings. The molecule has 1 amide bonds. The number of carbonyl (C=O) groups is 1. The van der Waals surface area contributed by atoms with Crippen molar-refractivity contribution in [3.63, 3.8) is 0 Å². The summed E-state index contributed by atoms with van der Waals surface area (Å²) < 4.78 is 23.9. The van der Waals surface area contributed by atoms with Crippen LogP contribution in [0.3, 0.4) is 0 Å². The van der Waals surface area contributed by atoms with Crippen molar-refractivity contribution < 1.29 is 18.7 Å². The molecule has 2 N–H and O–H groups in total. The van der Waals surface area contributed by atoms with E-state index in [-0.39, 0.29) is 15.6 Å². The largest absolute Gasteiger partial charge is 0.385 e. The van der Waals surface area contributed by atoms with E-state index in [1.807, 2.05) is 0 Å². The van der Waals surface area contributed by atoms with Gasteiger partial charge >= 0.3 is 0 Å². The molecule has 1 rings (SSSR count). The molecule has 0 saturated heterocycles. The third-order valence-electron chi connectivity index (χ3n) is 1.94. The molecular formula is C10H9Cl2F2NO2. The molecule has 1 atom stereocenters. The van der Waals surface area contributed by atoms with Gasteiger partial charge in [-0.1, -0.05) is 23.2 Å². The van der Waals surface area contributed by atoms with Crippen molar-refractivity contribution in [1.29, 1.82) is 0 Å². The maximum absolute atomic E-state index is 12.0. The molecule has 0 bridgehead atoms. The van der Waals surface area contributed by atoms with E-state index in [1.54, 1.807) is 0 Å². The summed E-state index contributed by atoms with van der Waals surface area (Å²) in [7, 11) is 0. The Kier molecular flexibility index (Phi) is 5.11. The molecule has 0 aliphatic heterocycles. The topological polar surface area (TPSA) is 49.3 Å². The first-order valence-electron chi connectivity index (χ1n) is 4.61. The Morgan fingerprint density at radius 2 is 2.00 bits per heavy atom. The monoisotopic (exact) mass is 283 g/mol. The SMILES string of the molecule is O=C(NCC(O)C(F)F)c1ccc(Cl)c(Cl)c1. The zero-order valence-corrected chi connectivity index (χ0v) is 9.97. The first kappa shape index (κ1) is 14.2. The van der Waals surface area contributed by atoms with Crippen molar-refractivity contribution in [3.05, 3.63) is 33.8 Å². The number of rotatable bonds is 4. The lowest BCUT2D eigenvalue weighted by molar-refractivity contribution is -0.00270. The van der Waals surface area contributed by atoms with Crippen LogP contribution in [0.4, 0.5) is 8.78 Å². The van der Waals surface area contributed by atoms with Gasteiger partial charge in [0.25, 0.3) is 12.3 Å². The molecule has 0 radical (unpaired) electrons. The van der Waals surface area contributed by atoms with E-state index in [1.165, 1.54) is 18.2 Å². The third kappa shape index (κ3) is 4.11. The zero-order valence-electron chi connectivity index (χ0n) is 8.46. The average molecular weight is 284 g/mol. The quantitative estimate of drug-likeness (QED) is 0.891. The van der Waals surface area contributed by atoms with Crippen LogP contribution in [0.2, 0.25) is 10.0 Å². The number of hydrogen-bond acceptors (Lipinski definition) is 2. The third-order valence-corrected chi connectivity index (χ3v) is 2.68. The second-order valence-electron chi connectivity index (χ2n) is 3.24. The van der Waals surface area contributed by atoms with Crippen molar-refractivity contribution in [2.24, 2.45) is 0 Å². The first-order chi connectivity index (χ1) is 7.91. The molecule has 0 aliphatic rings. The van der Waals surface area contributed by atoms with E-state index in [9.17, 15) is 13.6 Å². The Hall–Kier alpha value is -0.910. The van der Waals surface area contributed by atoms with Gasteiger partial charge < -0.3 is 10.4 Å². The van der Waals surface area contributed by atoms with Crippen LogP contribution in [0.1, 0.15) is 10.4 Å². The van der Waals surface area contributed by atoms with E-state index in [2.05, 4.69) is 5.32 Å². The van der Waals surface area contributed by atoms with E-state index in [4.69, 9.17) is 28.3 Å². The van der Waals surface area contributed by atoms with Gasteiger partial charge in [-0.05, 0) is 18.2 Å². The molecule has 0 spiro atoms. The fourth-order valence-electron chi connectivity index (χ4n) is 1.03. The molecule has 0 saturated carbocycles. The summed E-state index contributed by atoms with van der Waals surface area (Å²) >= 11 is 11.3. The van der Waals surface area contributed by atoms with Gasteiger partial charge in [-0.2, -0.15) is 0 Å². The minimum Gasteiger partial charge on any atom is -0.385 e. The zero-order chi connectivity index (χ0) is 13.0. The summed E-state index contributed by atoms with van der Waals surface area (Å²) in [4.78, 5) is 11.5. The van der Waals surface area contributed by atoms with Crippen LogP contribution in [0.25, 0.3) is 0 Å². The molecule has 3 nitrogen and oxygen atoms in total. The van der Waals surface area contributed by atoms with Crippen LogP contribution < -0.4 is 5.32 Å². The highest BCUT2D eigenvalue weighted by molar-refractivity contribution is 6.42. The van der Waals surface area contributed by atoms with Crippen molar-refractivity contribution in [2.45, 2.75) is 12.5 Å². The fraction of sp³-hybridized carbons (Fsp3) is 0.300. The van der Waals surface area contributed by atoms with Crippen molar-refractivity contribution in [2.75, 3.05) is 6.54 Å². The summed E-state index contributed by atoms with van der Waals surface area (Å²) in [5, 5.41) is 11.4. The molecule has 94 valence electrons. The smallest absolute Gasteiger partial charge is 0.265 e. The number of aliphatic hydroxyl groups is 1. The highest BCUT2D eigenvalue weighted by Crippen LogP contribution is 2.22. The van der Waals surface area contributed by atoms with E-state index in [0.717, 1.165) is 0 Å². The molecule has 7 heteroatoms. The summed E-state index contributed by atoms with van der Waals surface area (Å²) in [6.45, 7) is -0.531. The second kappa shape index (κ2) is 6.14. The lowest BCUT2D eigenvalue weighted by Gasteiger charge is -2.10. The molecule has 0 fully saturated rings. The molecule has 1 unspecified atom stereocenters. The normalized spacial score (nSPS) is 12.6. The van der Waals surface area contributed by atoms with Gasteiger partial charge in [0.15, 0.2) is 0 Å². The van der Waals surface area contributed by atoms with Gasteiger partial charge in [0.2, 0.25) is 0 Å². The number of hydrogen-bond donors (Lipinski definition) is 2. The van der Waals surface area contributed by atoms with Crippen molar-refractivity contribution in [3.8, 4) is 0 Å². The predicted molar refractivity (Wildman–Crippen MR) is 60.8 cm³/mol. The van der Waals surface area contributed by atoms with Crippen LogP contribution in [-0.2, 0) is 0 Å². The van der Waals surface area contributed by atoms with Crippen molar-refractivity contribution in [1.82, 2.24) is 5.32 Å². The Morgan fingerprint density at radius 1 is 1.35 bits per heavy atom. The number of amides is 1. The van der Waals surface area contributed by atoms with Crippen LogP contribution in [0, 0.1) is 0 Å². The predicted octanol–water partition coefficient (Wildman–Crippen LogP) is 2.35. The Bertz CT molecular complexity index is 415. The van der Waals surface area contributed by atoms with Crippen molar-refractivity contribution >= 4 is 29.1 Å². The molecule has 0 aromatic heterocycles. The van der Waals surface area contributed by atoms with Gasteiger partial charge in [0, 0.05) is 12.1 Å². The Balaban J connectivity index is 2.61. The first-order valence-corrected chi connectivity index (χ1v) is 5.37. The number of nitrogens with one attached hydrogen (secondary N) is 1. The highest BCUT2D eigenvalue weighted by atomic mass is 35.5. The number of benzene rings is 1. The Morgan fingerprint density at radius 3 is 2.53 bits per heavy atom. The highest BCUT2D eigenvalue weighted by Gasteiger charge is 2.18. The maximum atomic E-state index is 12.0. The van der Waals surface area contributed by atoms with E-state index < -0.39 is 25.0 Å². The van der Waals surface area contributed by atoms with Gasteiger partial charge in [-0.3, -0.25) is 4.79 Å². The van der Waals surface area contributed by atoms with E-state index >= 15 is 0 Å². The second-order valence-corrected chi connectivity index (χ2v) is 4.06. The molecule has 0 aliphatic carbocycles. The van der Waals surface area contributed by atoms with E-state index in [0.29, 0.717) is 0 Å². The van der Waals surface area contributed by atoms with Crippen LogP contribution in [-0.4, -0.2) is 30.1 Å². The van der Waals surface area contributed by atoms with Crippen LogP contribution in [0.15, 0.2) is 18.2 Å². The minimum absolute atomic E-state index is 0.181. The fourth-order valence-corrected chi connectivity index (χ4v) is 1.32. The summed E-state index contributed by atoms with van der Waals surface area (Å²) in [6.07, 6.45) is -4.79. The lowest BCUT2D eigenvalue weighted by Crippen LogP contribution is -2.35. The number of carbonyl (C=O) groups excluding carboxylic acids is 1. The maximum Gasteiger partial charge on any atom is 0.265 e. The average Bonchev–Trinajstić information content (AvgIpc) is 2.28. The van der Waals surface area contributed by atoms with Gasteiger partial charge in [-0.25, -0.2) is 8.78 Å². The molecular weight excluding hydrogens is 275 g/mol. The molecule has 0 heterocycles. The van der Waals surface area contributed by atoms with Gasteiger partial charge in [0.1, 0.15) is 6.10 Å². The standard InChI is InChI=1S/C10H9Cl2F2NO2/c11-6-2-1-5(3-7(6)12)10(17)15-4-8(16)9(13)14/h1-3,8-9,16H,4H2,(H,15,17). The van der Waals surface area contributed by atoms with Crippen LogP contribution >= 0.6 is 23.2 Å². The lowest BCUT2D eigenvalue weighted by atomic mass is 10.2. The van der Waals surface area contributed by atoms with Crippen LogP contribution in [0.5, 0.6) is 0 Å². The molecule has 17 heavy (non-hydrogen) atoms. The number of halogens is 4. The minimum atomic E-state index is -2.90. The number of aliphatic hydroxyl groups excluding tert-OH is 1. The van der Waals surface area contributed by atoms with Gasteiger partial charge in [-0.15, -0.1) is 0 Å². The summed E-state index contributed by atoms with van der Waals surface area (Å²) in [5.74, 6) is -0.608. The Labute approximate surface area is 106 Å². The van der Waals surface area contributed by atoms with Gasteiger partial charge in [0.05, 0.1) is 10.0 Å². The molecule has 1 aromatic carbocycles. The summed E-state index contributed by atoms with van der Waals surface area (Å²) in [6, 6.07) is 4.13. The number of alkyl halides is 2. The summed E-state index contributed by atoms with van der Waals surface area (Å²) in [5.41, 5.74) is 0.181.